The van der Waals surface area contributed by atoms with Crippen LogP contribution in [0.25, 0.3) is 22.3 Å². The second-order valence-corrected chi connectivity index (χ2v) is 19.5. The number of benzene rings is 4. The molecule has 10 aliphatic rings. The molecule has 5 saturated carbocycles. The Morgan fingerprint density at radius 1 is 0.435 bits per heavy atom. The minimum atomic E-state index is -0.264. The topological polar surface area (TPSA) is 0 Å². The molecule has 0 saturated heterocycles. The smallest absolute Gasteiger partial charge is 0.0530 e. The van der Waals surface area contributed by atoms with Gasteiger partial charge in [0.15, 0.2) is 0 Å². The first kappa shape index (κ1) is 25.8. The molecule has 228 valence electrons. The zero-order valence-corrected chi connectivity index (χ0v) is 29.4. The predicted molar refractivity (Wildman–Crippen MR) is 192 cm³/mol. The van der Waals surface area contributed by atoms with Gasteiger partial charge in [-0.2, -0.15) is 0 Å². The van der Waals surface area contributed by atoms with Gasteiger partial charge in [0.1, 0.15) is 0 Å². The van der Waals surface area contributed by atoms with E-state index in [0.29, 0.717) is 5.41 Å². The van der Waals surface area contributed by atoms with Crippen molar-refractivity contribution in [2.75, 3.05) is 0 Å². The van der Waals surface area contributed by atoms with E-state index in [4.69, 9.17) is 0 Å². The van der Waals surface area contributed by atoms with Crippen LogP contribution in [0.5, 0.6) is 0 Å². The fourth-order valence-electron chi connectivity index (χ4n) is 14.7. The second kappa shape index (κ2) is 8.16. The van der Waals surface area contributed by atoms with Crippen LogP contribution in [0.15, 0.2) is 69.6 Å². The number of rotatable bonds is 0. The van der Waals surface area contributed by atoms with Gasteiger partial charge in [0.05, 0.1) is 5.41 Å². The summed E-state index contributed by atoms with van der Waals surface area (Å²) in [6.07, 6.45) is 14.6. The van der Waals surface area contributed by atoms with E-state index >= 15 is 0 Å². The molecule has 0 radical (unpaired) electrons. The first-order valence-electron chi connectivity index (χ1n) is 18.5. The highest BCUT2D eigenvalue weighted by Crippen LogP contribution is 2.77. The molecule has 7 atom stereocenters. The van der Waals surface area contributed by atoms with E-state index in [1.807, 2.05) is 0 Å². The summed E-state index contributed by atoms with van der Waals surface area (Å²) >= 11 is 7.95. The lowest BCUT2D eigenvalue weighted by Crippen LogP contribution is -2.41. The first-order chi connectivity index (χ1) is 22.5. The van der Waals surface area contributed by atoms with Gasteiger partial charge in [-0.1, -0.05) is 68.3 Å². The van der Waals surface area contributed by atoms with Crippen molar-refractivity contribution in [1.29, 1.82) is 0 Å². The van der Waals surface area contributed by atoms with Gasteiger partial charge >= 0.3 is 0 Å². The summed E-state index contributed by atoms with van der Waals surface area (Å²) in [6.45, 7) is 0. The summed E-state index contributed by atoms with van der Waals surface area (Å²) in [5.41, 5.74) is 19.6. The van der Waals surface area contributed by atoms with Gasteiger partial charge in [0.25, 0.3) is 0 Å². The van der Waals surface area contributed by atoms with Gasteiger partial charge < -0.3 is 0 Å². The highest BCUT2D eigenvalue weighted by atomic mass is 79.9. The highest BCUT2D eigenvalue weighted by Gasteiger charge is 2.66. The minimum Gasteiger partial charge on any atom is -0.0530 e. The molecule has 0 amide bonds. The molecule has 0 heterocycles. The normalized spacial score (nSPS) is 37.6. The lowest BCUT2D eigenvalue weighted by Gasteiger charge is -2.48. The molecule has 7 unspecified atom stereocenters. The van der Waals surface area contributed by atoms with E-state index in [-0.39, 0.29) is 5.41 Å². The molecule has 0 aromatic heterocycles. The third kappa shape index (κ3) is 2.80. The molecule has 0 nitrogen and oxygen atoms in total. The van der Waals surface area contributed by atoms with Gasteiger partial charge in [-0.3, -0.25) is 0 Å². The zero-order valence-electron chi connectivity index (χ0n) is 26.2. The van der Waals surface area contributed by atoms with Crippen LogP contribution >= 0.6 is 31.9 Å². The van der Waals surface area contributed by atoms with Crippen LogP contribution in [0.3, 0.4) is 0 Å². The Bertz CT molecular complexity index is 2060. The van der Waals surface area contributed by atoms with E-state index in [2.05, 4.69) is 92.5 Å². The van der Waals surface area contributed by atoms with Crippen molar-refractivity contribution in [1.82, 2.24) is 0 Å². The third-order valence-electron chi connectivity index (χ3n) is 16.1. The lowest BCUT2D eigenvalue weighted by molar-refractivity contribution is 0.00322. The Morgan fingerprint density at radius 2 is 0.891 bits per heavy atom. The van der Waals surface area contributed by atoms with Crippen molar-refractivity contribution < 1.29 is 0 Å². The lowest BCUT2D eigenvalue weighted by atomic mass is 9.56. The molecule has 2 heteroatoms. The molecule has 4 aromatic rings. The monoisotopic (exact) mass is 724 g/mol. The van der Waals surface area contributed by atoms with E-state index < -0.39 is 0 Å². The average Bonchev–Trinajstić information content (AvgIpc) is 3.64. The molecule has 2 spiro atoms. The second-order valence-electron chi connectivity index (χ2n) is 17.6. The summed E-state index contributed by atoms with van der Waals surface area (Å²) < 4.78 is 2.39. The summed E-state index contributed by atoms with van der Waals surface area (Å²) in [4.78, 5) is 0. The van der Waals surface area contributed by atoms with E-state index in [0.717, 1.165) is 47.3 Å². The summed E-state index contributed by atoms with van der Waals surface area (Å²) in [5.74, 6) is 6.94. The fraction of sp³-hybridized carbons (Fsp3) is 0.455. The fourth-order valence-corrected chi connectivity index (χ4v) is 15.5. The summed E-state index contributed by atoms with van der Waals surface area (Å²) in [7, 11) is 0. The van der Waals surface area contributed by atoms with Crippen molar-refractivity contribution in [2.24, 2.45) is 29.1 Å². The van der Waals surface area contributed by atoms with E-state index in [1.54, 1.807) is 44.5 Å². The molecule has 0 aliphatic heterocycles. The van der Waals surface area contributed by atoms with Crippen LogP contribution in [-0.2, 0) is 5.41 Å². The Labute approximate surface area is 289 Å². The number of hydrogen-bond donors (Lipinski definition) is 0. The van der Waals surface area contributed by atoms with Gasteiger partial charge in [0, 0.05) is 8.95 Å². The van der Waals surface area contributed by atoms with Crippen LogP contribution in [-0.4, -0.2) is 0 Å². The Hall–Kier alpha value is -2.16. The molecule has 46 heavy (non-hydrogen) atoms. The third-order valence-corrected chi connectivity index (χ3v) is 17.1. The number of halogens is 2. The first-order valence-corrected chi connectivity index (χ1v) is 20.0. The highest BCUT2D eigenvalue weighted by molar-refractivity contribution is 9.10. The maximum Gasteiger partial charge on any atom is 0.0726 e. The molecule has 10 aliphatic carbocycles. The van der Waals surface area contributed by atoms with Gasteiger partial charge in [-0.15, -0.1) is 0 Å². The average molecular weight is 727 g/mol. The molecule has 0 N–H and O–H groups in total. The van der Waals surface area contributed by atoms with Crippen LogP contribution in [0.2, 0.25) is 0 Å². The number of hydrogen-bond acceptors (Lipinski definition) is 0. The van der Waals surface area contributed by atoms with Crippen molar-refractivity contribution in [3.05, 3.63) is 114 Å². The Balaban J connectivity index is 1.16. The van der Waals surface area contributed by atoms with Crippen LogP contribution in [0, 0.1) is 29.1 Å². The van der Waals surface area contributed by atoms with Crippen LogP contribution < -0.4 is 0 Å². The van der Waals surface area contributed by atoms with Crippen LogP contribution in [0.4, 0.5) is 0 Å². The summed E-state index contributed by atoms with van der Waals surface area (Å²) in [6, 6.07) is 25.6. The minimum absolute atomic E-state index is 0.264. The molecule has 4 aromatic carbocycles. The predicted octanol–water partition coefficient (Wildman–Crippen LogP) is 12.3. The largest absolute Gasteiger partial charge is 0.0726 e. The standard InChI is InChI=1S/C44H38Br2/c45-29-1-3-31-32-4-2-30(46)14-40(32)44(39(31)13-29)41-17-35-24-8-21-5-22(9-24)7-23(6-21)33(35)15-37(41)38-16-34-25-10-27-12-28-11-26(20-43(27,28)19-25)36(34)18-42(38)44/h1-4,13-18,21-28H,5-12,19-20H2. The molecular formula is C44H38Br2. The molecule has 7 bridgehead atoms. The van der Waals surface area contributed by atoms with Crippen molar-refractivity contribution in [2.45, 2.75) is 93.3 Å². The maximum atomic E-state index is 3.97. The summed E-state index contributed by atoms with van der Waals surface area (Å²) in [5, 5.41) is 0. The Morgan fingerprint density at radius 3 is 1.43 bits per heavy atom. The van der Waals surface area contributed by atoms with Crippen molar-refractivity contribution >= 4 is 31.9 Å². The van der Waals surface area contributed by atoms with Crippen LogP contribution in [0.1, 0.15) is 132 Å². The molecule has 14 rings (SSSR count). The zero-order chi connectivity index (χ0) is 29.8. The van der Waals surface area contributed by atoms with Gasteiger partial charge in [0.2, 0.25) is 0 Å². The van der Waals surface area contributed by atoms with Gasteiger partial charge in [-0.25, -0.2) is 0 Å². The van der Waals surface area contributed by atoms with Crippen molar-refractivity contribution in [3.8, 4) is 22.3 Å². The maximum absolute atomic E-state index is 3.97. The van der Waals surface area contributed by atoms with E-state index in [1.165, 1.54) is 95.4 Å². The SMILES string of the molecule is Brc1ccc2c(c1)C1(c3cc(Br)ccc3-2)c2cc3c(cc2-c2cc4c(cc21)C1CC2CC5CC4CC52C1)C1CC2CC(C1)CC3C2. The van der Waals surface area contributed by atoms with Gasteiger partial charge in [-0.05, 0) is 208 Å². The Kier molecular flexibility index (Phi) is 4.58. The molecule has 5 fully saturated rings. The molecular weight excluding hydrogens is 688 g/mol. The van der Waals surface area contributed by atoms with Crippen molar-refractivity contribution in [3.63, 3.8) is 0 Å². The number of fused-ring (bicyclic) bond motifs is 15. The van der Waals surface area contributed by atoms with E-state index in [9.17, 15) is 0 Å². The quantitative estimate of drug-likeness (QED) is 0.146.